The van der Waals surface area contributed by atoms with Gasteiger partial charge in [0.05, 0.1) is 6.61 Å². The van der Waals surface area contributed by atoms with Crippen molar-refractivity contribution in [2.75, 3.05) is 27.7 Å². The van der Waals surface area contributed by atoms with Crippen molar-refractivity contribution in [1.29, 1.82) is 0 Å². The molecule has 0 heterocycles. The quantitative estimate of drug-likeness (QED) is 0.582. The van der Waals surface area contributed by atoms with E-state index in [0.29, 0.717) is 18.7 Å². The Bertz CT molecular complexity index is 755. The fourth-order valence-corrected chi connectivity index (χ4v) is 2.69. The molecule has 6 heteroatoms. The number of nitrogens with zero attached hydrogens (tertiary/aromatic N) is 2. The molecule has 0 radical (unpaired) electrons. The summed E-state index contributed by atoms with van der Waals surface area (Å²) in [5.74, 6) is 1.60. The molecule has 0 unspecified atom stereocenters. The average Bonchev–Trinajstić information content (AvgIpc) is 2.70. The zero-order valence-electron chi connectivity index (χ0n) is 16.5. The van der Waals surface area contributed by atoms with Gasteiger partial charge in [-0.1, -0.05) is 24.3 Å². The molecule has 2 rings (SSSR count). The Morgan fingerprint density at radius 2 is 1.70 bits per heavy atom. The number of carbonyl (C=O) groups excluding carboxylic acids is 1. The van der Waals surface area contributed by atoms with Crippen LogP contribution in [0, 0.1) is 0 Å². The molecule has 144 valence electrons. The normalized spacial score (nSPS) is 11.0. The summed E-state index contributed by atoms with van der Waals surface area (Å²) < 4.78 is 5.48. The molecular formula is C21H28N4O2. The number of guanidine groups is 1. The van der Waals surface area contributed by atoms with Crippen molar-refractivity contribution in [1.82, 2.24) is 15.5 Å². The second kappa shape index (κ2) is 10.2. The van der Waals surface area contributed by atoms with Gasteiger partial charge in [-0.05, 0) is 42.3 Å². The van der Waals surface area contributed by atoms with E-state index in [0.717, 1.165) is 23.8 Å². The predicted octanol–water partition coefficient (Wildman–Crippen LogP) is 2.65. The molecular weight excluding hydrogens is 340 g/mol. The number of amides is 1. The summed E-state index contributed by atoms with van der Waals surface area (Å²) in [5.41, 5.74) is 2.91. The Labute approximate surface area is 161 Å². The summed E-state index contributed by atoms with van der Waals surface area (Å²) in [6, 6.07) is 15.6. The third-order valence-electron chi connectivity index (χ3n) is 4.12. The summed E-state index contributed by atoms with van der Waals surface area (Å²) >= 11 is 0. The van der Waals surface area contributed by atoms with Gasteiger partial charge in [0.25, 0.3) is 5.91 Å². The minimum absolute atomic E-state index is 0.0830. The number of nitrogens with one attached hydrogen (secondary N) is 2. The van der Waals surface area contributed by atoms with Gasteiger partial charge in [0.15, 0.2) is 5.96 Å². The minimum atomic E-state index is -0.0830. The number of hydrogen-bond donors (Lipinski definition) is 2. The molecule has 6 nitrogen and oxygen atoms in total. The second-order valence-electron chi connectivity index (χ2n) is 6.11. The highest BCUT2D eigenvalue weighted by Crippen LogP contribution is 2.13. The van der Waals surface area contributed by atoms with Crippen molar-refractivity contribution < 1.29 is 9.53 Å². The molecule has 0 aliphatic rings. The smallest absolute Gasteiger partial charge is 0.251 e. The van der Waals surface area contributed by atoms with Gasteiger partial charge in [-0.3, -0.25) is 9.79 Å². The molecule has 1 amide bonds. The van der Waals surface area contributed by atoms with Crippen molar-refractivity contribution in [2.45, 2.75) is 20.0 Å². The van der Waals surface area contributed by atoms with Gasteiger partial charge in [-0.15, -0.1) is 0 Å². The first kappa shape index (κ1) is 20.3. The minimum Gasteiger partial charge on any atom is -0.494 e. The number of benzene rings is 2. The molecule has 0 aromatic heterocycles. The van der Waals surface area contributed by atoms with Gasteiger partial charge < -0.3 is 20.3 Å². The topological polar surface area (TPSA) is 66.0 Å². The Kier molecular flexibility index (Phi) is 7.67. The van der Waals surface area contributed by atoms with Crippen molar-refractivity contribution >= 4 is 11.9 Å². The van der Waals surface area contributed by atoms with Gasteiger partial charge in [-0.25, -0.2) is 0 Å². The van der Waals surface area contributed by atoms with Crippen molar-refractivity contribution in [2.24, 2.45) is 4.99 Å². The fourth-order valence-electron chi connectivity index (χ4n) is 2.69. The number of rotatable bonds is 7. The fraction of sp³-hybridized carbons (Fsp3) is 0.333. The van der Waals surface area contributed by atoms with E-state index in [1.807, 2.05) is 50.4 Å². The Hall–Kier alpha value is -3.02. The molecule has 0 saturated heterocycles. The molecule has 0 spiro atoms. The van der Waals surface area contributed by atoms with Crippen molar-refractivity contribution in [3.8, 4) is 5.75 Å². The molecule has 2 aromatic carbocycles. The van der Waals surface area contributed by atoms with E-state index in [1.54, 1.807) is 14.1 Å². The number of aliphatic imine (C=N–C) groups is 1. The summed E-state index contributed by atoms with van der Waals surface area (Å²) in [6.45, 7) is 4.01. The maximum Gasteiger partial charge on any atom is 0.251 e. The van der Waals surface area contributed by atoms with E-state index in [2.05, 4.69) is 32.7 Å². The van der Waals surface area contributed by atoms with Crippen LogP contribution in [0.2, 0.25) is 0 Å². The van der Waals surface area contributed by atoms with E-state index in [1.165, 1.54) is 5.56 Å². The molecule has 0 aliphatic heterocycles. The molecule has 2 N–H and O–H groups in total. The van der Waals surface area contributed by atoms with Crippen LogP contribution in [0.5, 0.6) is 5.75 Å². The van der Waals surface area contributed by atoms with E-state index >= 15 is 0 Å². The summed E-state index contributed by atoms with van der Waals surface area (Å²) in [6.07, 6.45) is 0. The molecule has 0 atom stereocenters. The maximum atomic E-state index is 11.6. The third-order valence-corrected chi connectivity index (χ3v) is 4.12. The Morgan fingerprint density at radius 1 is 1.07 bits per heavy atom. The van der Waals surface area contributed by atoms with Crippen LogP contribution in [0.1, 0.15) is 28.4 Å². The first-order valence-electron chi connectivity index (χ1n) is 9.02. The van der Waals surface area contributed by atoms with Crippen LogP contribution in [0.3, 0.4) is 0 Å². The first-order chi connectivity index (χ1) is 13.1. The molecule has 0 fully saturated rings. The van der Waals surface area contributed by atoms with E-state index in [-0.39, 0.29) is 5.91 Å². The maximum absolute atomic E-state index is 11.6. The van der Waals surface area contributed by atoms with E-state index in [4.69, 9.17) is 4.74 Å². The summed E-state index contributed by atoms with van der Waals surface area (Å²) in [7, 11) is 5.40. The highest BCUT2D eigenvalue weighted by atomic mass is 16.5. The largest absolute Gasteiger partial charge is 0.494 e. The Balaban J connectivity index is 1.91. The van der Waals surface area contributed by atoms with Gasteiger partial charge in [-0.2, -0.15) is 0 Å². The van der Waals surface area contributed by atoms with Crippen LogP contribution in [-0.4, -0.2) is 44.5 Å². The van der Waals surface area contributed by atoms with Crippen LogP contribution >= 0.6 is 0 Å². The van der Waals surface area contributed by atoms with Crippen LogP contribution in [0.25, 0.3) is 0 Å². The SMILES string of the molecule is CCOc1ccc(CN(C)C(=NC)NCc2ccc(C(=O)NC)cc2)cc1. The van der Waals surface area contributed by atoms with E-state index in [9.17, 15) is 4.79 Å². The second-order valence-corrected chi connectivity index (χ2v) is 6.11. The summed E-state index contributed by atoms with van der Waals surface area (Å²) in [5, 5.41) is 5.97. The lowest BCUT2D eigenvalue weighted by Crippen LogP contribution is -2.38. The lowest BCUT2D eigenvalue weighted by atomic mass is 10.1. The predicted molar refractivity (Wildman–Crippen MR) is 109 cm³/mol. The molecule has 27 heavy (non-hydrogen) atoms. The number of ether oxygens (including phenoxy) is 1. The highest BCUT2D eigenvalue weighted by molar-refractivity contribution is 5.93. The van der Waals surface area contributed by atoms with Crippen LogP contribution < -0.4 is 15.4 Å². The first-order valence-corrected chi connectivity index (χ1v) is 9.02. The van der Waals surface area contributed by atoms with Gasteiger partial charge in [0, 0.05) is 39.8 Å². The molecule has 0 bridgehead atoms. The van der Waals surface area contributed by atoms with Crippen LogP contribution in [0.15, 0.2) is 53.5 Å². The van der Waals surface area contributed by atoms with Crippen LogP contribution in [-0.2, 0) is 13.1 Å². The lowest BCUT2D eigenvalue weighted by Gasteiger charge is -2.22. The van der Waals surface area contributed by atoms with Crippen molar-refractivity contribution in [3.63, 3.8) is 0 Å². The zero-order valence-corrected chi connectivity index (χ0v) is 16.5. The molecule has 2 aromatic rings. The van der Waals surface area contributed by atoms with Gasteiger partial charge in [0.2, 0.25) is 0 Å². The number of hydrogen-bond acceptors (Lipinski definition) is 3. The molecule has 0 aliphatic carbocycles. The van der Waals surface area contributed by atoms with Gasteiger partial charge >= 0.3 is 0 Å². The van der Waals surface area contributed by atoms with Gasteiger partial charge in [0.1, 0.15) is 5.75 Å². The Morgan fingerprint density at radius 3 is 2.26 bits per heavy atom. The third kappa shape index (κ3) is 6.02. The van der Waals surface area contributed by atoms with E-state index < -0.39 is 0 Å². The summed E-state index contributed by atoms with van der Waals surface area (Å²) in [4.78, 5) is 18.0. The van der Waals surface area contributed by atoms with Crippen LogP contribution in [0.4, 0.5) is 0 Å². The highest BCUT2D eigenvalue weighted by Gasteiger charge is 2.08. The zero-order chi connectivity index (χ0) is 19.6. The monoisotopic (exact) mass is 368 g/mol. The standard InChI is InChI=1S/C21H28N4O2/c1-5-27-19-12-8-17(9-13-19)15-25(4)21(23-3)24-14-16-6-10-18(11-7-16)20(26)22-2/h6-13H,5,14-15H2,1-4H3,(H,22,26)(H,23,24). The average molecular weight is 368 g/mol. The van der Waals surface area contributed by atoms with Crippen molar-refractivity contribution in [3.05, 3.63) is 65.2 Å². The number of carbonyl (C=O) groups is 1. The lowest BCUT2D eigenvalue weighted by molar-refractivity contribution is 0.0963. The molecule has 0 saturated carbocycles.